The monoisotopic (exact) mass is 370 g/mol. The molecule has 0 radical (unpaired) electrons. The van der Waals surface area contributed by atoms with Crippen LogP contribution in [0.15, 0.2) is 41.2 Å². The number of hydrogen-bond acceptors (Lipinski definition) is 4. The second kappa shape index (κ2) is 7.62. The number of aryl methyl sites for hydroxylation is 1. The zero-order valence-electron chi connectivity index (χ0n) is 14.8. The number of H-pyrrole nitrogens is 1. The number of nitrogens with zero attached hydrogens (tertiary/aromatic N) is 1. The molecule has 0 spiro atoms. The molecule has 3 aromatic rings. The summed E-state index contributed by atoms with van der Waals surface area (Å²) in [5.74, 6) is 1.27. The Labute approximate surface area is 156 Å². The molecule has 0 atom stereocenters. The van der Waals surface area contributed by atoms with Crippen LogP contribution in [0.2, 0.25) is 0 Å². The van der Waals surface area contributed by atoms with Crippen molar-refractivity contribution in [2.24, 2.45) is 0 Å². The Hall–Kier alpha value is -2.79. The van der Waals surface area contributed by atoms with Crippen LogP contribution in [0.3, 0.4) is 0 Å². The molecule has 0 unspecified atom stereocenters. The van der Waals surface area contributed by atoms with Crippen LogP contribution in [0, 0.1) is 0 Å². The summed E-state index contributed by atoms with van der Waals surface area (Å²) in [7, 11) is 3.05. The lowest BCUT2D eigenvalue weighted by molar-refractivity contribution is 0.355. The second-order valence-electron chi connectivity index (χ2n) is 5.73. The zero-order chi connectivity index (χ0) is 18.7. The van der Waals surface area contributed by atoms with Gasteiger partial charge in [-0.15, -0.1) is 0 Å². The molecule has 0 bridgehead atoms. The van der Waals surface area contributed by atoms with E-state index in [1.54, 1.807) is 18.2 Å². The first kappa shape index (κ1) is 18.0. The summed E-state index contributed by atoms with van der Waals surface area (Å²) in [5.41, 5.74) is 2.37. The van der Waals surface area contributed by atoms with Gasteiger partial charge in [-0.3, -0.25) is 4.79 Å². The molecule has 5 nitrogen and oxygen atoms in total. The summed E-state index contributed by atoms with van der Waals surface area (Å²) in [6.45, 7) is 2.10. The minimum absolute atomic E-state index is 0.293. The lowest BCUT2D eigenvalue weighted by atomic mass is 10.1. The smallest absolute Gasteiger partial charge is 0.259 e. The zero-order valence-corrected chi connectivity index (χ0v) is 15.6. The predicted octanol–water partition coefficient (Wildman–Crippen LogP) is 4.24. The van der Waals surface area contributed by atoms with Crippen molar-refractivity contribution >= 4 is 33.6 Å². The van der Waals surface area contributed by atoms with Gasteiger partial charge in [0.05, 0.1) is 30.2 Å². The second-order valence-corrected chi connectivity index (χ2v) is 6.13. The van der Waals surface area contributed by atoms with Gasteiger partial charge in [-0.05, 0) is 29.7 Å². The highest BCUT2D eigenvalue weighted by atomic mass is 35.5. The molecule has 134 valence electrons. The number of aromatic amines is 1. The van der Waals surface area contributed by atoms with Gasteiger partial charge >= 0.3 is 0 Å². The number of fused-ring (bicyclic) bond motifs is 1. The Kier molecular flexibility index (Phi) is 5.28. The van der Waals surface area contributed by atoms with Crippen LogP contribution in [-0.2, 0) is 6.42 Å². The highest BCUT2D eigenvalue weighted by Gasteiger charge is 2.12. The van der Waals surface area contributed by atoms with Crippen molar-refractivity contribution in [2.45, 2.75) is 13.3 Å². The SMILES string of the molecule is CCc1ccc(/C=C(\Cl)c2nc3cc(OC)c(OC)cc3c(=O)[nH]2)cc1. The quantitative estimate of drug-likeness (QED) is 0.729. The van der Waals surface area contributed by atoms with Crippen LogP contribution < -0.4 is 15.0 Å². The first-order chi connectivity index (χ1) is 12.5. The normalized spacial score (nSPS) is 11.6. The number of rotatable bonds is 5. The highest BCUT2D eigenvalue weighted by Crippen LogP contribution is 2.30. The molecule has 0 saturated carbocycles. The van der Waals surface area contributed by atoms with Gasteiger partial charge in [0.2, 0.25) is 0 Å². The Balaban J connectivity index is 2.06. The number of aromatic nitrogens is 2. The number of methoxy groups -OCH3 is 2. The van der Waals surface area contributed by atoms with Crippen LogP contribution in [0.5, 0.6) is 11.5 Å². The first-order valence-electron chi connectivity index (χ1n) is 8.18. The summed E-state index contributed by atoms with van der Waals surface area (Å²) in [4.78, 5) is 19.6. The van der Waals surface area contributed by atoms with Gasteiger partial charge < -0.3 is 14.5 Å². The van der Waals surface area contributed by atoms with Crippen molar-refractivity contribution in [1.29, 1.82) is 0 Å². The molecule has 0 amide bonds. The first-order valence-corrected chi connectivity index (χ1v) is 8.56. The van der Waals surface area contributed by atoms with Crippen molar-refractivity contribution in [3.8, 4) is 11.5 Å². The van der Waals surface area contributed by atoms with E-state index < -0.39 is 0 Å². The Morgan fingerprint density at radius 1 is 1.15 bits per heavy atom. The van der Waals surface area contributed by atoms with E-state index >= 15 is 0 Å². The summed E-state index contributed by atoms with van der Waals surface area (Å²) < 4.78 is 10.5. The predicted molar refractivity (Wildman–Crippen MR) is 105 cm³/mol. The fraction of sp³-hybridized carbons (Fsp3) is 0.200. The summed E-state index contributed by atoms with van der Waals surface area (Å²) in [5, 5.41) is 0.756. The lowest BCUT2D eigenvalue weighted by Crippen LogP contribution is -2.11. The molecule has 26 heavy (non-hydrogen) atoms. The van der Waals surface area contributed by atoms with E-state index in [4.69, 9.17) is 21.1 Å². The van der Waals surface area contributed by atoms with Crippen LogP contribution in [0.25, 0.3) is 22.0 Å². The van der Waals surface area contributed by atoms with E-state index in [9.17, 15) is 4.79 Å². The molecule has 0 saturated heterocycles. The maximum atomic E-state index is 12.4. The maximum absolute atomic E-state index is 12.4. The van der Waals surface area contributed by atoms with Gasteiger partial charge in [0.25, 0.3) is 5.56 Å². The highest BCUT2D eigenvalue weighted by molar-refractivity contribution is 6.50. The van der Waals surface area contributed by atoms with E-state index in [-0.39, 0.29) is 5.56 Å². The molecule has 0 aliphatic rings. The molecule has 0 aliphatic carbocycles. The van der Waals surface area contributed by atoms with Crippen LogP contribution in [0.4, 0.5) is 0 Å². The van der Waals surface area contributed by atoms with E-state index in [1.807, 2.05) is 24.3 Å². The molecule has 1 heterocycles. The Morgan fingerprint density at radius 3 is 2.42 bits per heavy atom. The van der Waals surface area contributed by atoms with Crippen molar-refractivity contribution in [3.63, 3.8) is 0 Å². The van der Waals surface area contributed by atoms with Gasteiger partial charge in [-0.25, -0.2) is 4.98 Å². The van der Waals surface area contributed by atoms with Crippen LogP contribution in [-0.4, -0.2) is 24.2 Å². The number of halogens is 1. The average Bonchev–Trinajstić information content (AvgIpc) is 2.67. The van der Waals surface area contributed by atoms with Gasteiger partial charge in [0.15, 0.2) is 17.3 Å². The van der Waals surface area contributed by atoms with Crippen molar-refractivity contribution < 1.29 is 9.47 Å². The van der Waals surface area contributed by atoms with Gasteiger partial charge in [-0.2, -0.15) is 0 Å². The molecule has 0 fully saturated rings. The van der Waals surface area contributed by atoms with E-state index in [2.05, 4.69) is 16.9 Å². The van der Waals surface area contributed by atoms with Crippen LogP contribution in [0.1, 0.15) is 23.9 Å². The molecular formula is C20H19ClN2O3. The molecule has 6 heteroatoms. The average molecular weight is 371 g/mol. The topological polar surface area (TPSA) is 64.2 Å². The third-order valence-electron chi connectivity index (χ3n) is 4.12. The largest absolute Gasteiger partial charge is 0.493 e. The minimum atomic E-state index is -0.293. The van der Waals surface area contributed by atoms with E-state index in [1.165, 1.54) is 19.8 Å². The number of benzene rings is 2. The lowest BCUT2D eigenvalue weighted by Gasteiger charge is -2.09. The maximum Gasteiger partial charge on any atom is 0.259 e. The number of ether oxygens (including phenoxy) is 2. The molecule has 1 N–H and O–H groups in total. The Morgan fingerprint density at radius 2 is 1.81 bits per heavy atom. The molecule has 2 aromatic carbocycles. The van der Waals surface area contributed by atoms with Crippen LogP contribution >= 0.6 is 11.6 Å². The van der Waals surface area contributed by atoms with Crippen molar-refractivity contribution in [2.75, 3.05) is 14.2 Å². The van der Waals surface area contributed by atoms with Gasteiger partial charge in [-0.1, -0.05) is 42.8 Å². The fourth-order valence-corrected chi connectivity index (χ4v) is 2.86. The molecule has 3 rings (SSSR count). The van der Waals surface area contributed by atoms with Crippen molar-refractivity contribution in [3.05, 3.63) is 63.7 Å². The van der Waals surface area contributed by atoms with E-state index in [0.29, 0.717) is 33.3 Å². The summed E-state index contributed by atoms with van der Waals surface area (Å²) in [6.07, 6.45) is 2.74. The minimum Gasteiger partial charge on any atom is -0.493 e. The molecule has 0 aliphatic heterocycles. The fourth-order valence-electron chi connectivity index (χ4n) is 2.64. The summed E-state index contributed by atoms with van der Waals surface area (Å²) >= 11 is 6.39. The Bertz CT molecular complexity index is 1020. The van der Waals surface area contributed by atoms with Gasteiger partial charge in [0, 0.05) is 6.07 Å². The standard InChI is InChI=1S/C20H19ClN2O3/c1-4-12-5-7-13(8-6-12)9-15(21)19-22-16-11-18(26-3)17(25-2)10-14(16)20(24)23-19/h5-11H,4H2,1-3H3,(H,22,23,24)/b15-9-. The van der Waals surface area contributed by atoms with Gasteiger partial charge in [0.1, 0.15) is 0 Å². The van der Waals surface area contributed by atoms with Crippen molar-refractivity contribution in [1.82, 2.24) is 9.97 Å². The third kappa shape index (κ3) is 3.58. The summed E-state index contributed by atoms with van der Waals surface area (Å²) in [6, 6.07) is 11.3. The number of nitrogens with one attached hydrogen (secondary N) is 1. The molecular weight excluding hydrogens is 352 g/mol. The third-order valence-corrected chi connectivity index (χ3v) is 4.41. The van der Waals surface area contributed by atoms with E-state index in [0.717, 1.165) is 12.0 Å². The number of hydrogen-bond donors (Lipinski definition) is 1. The molecule has 1 aromatic heterocycles.